The minimum absolute atomic E-state index is 0.0835. The standard InChI is InChI=1S/C64H113NO10/c1-4-7-10-13-16-19-22-25-27-28-29-30-31-34-37-40-43-46-49-52-59(69)75-62-61(71)60(70)58(53-66)74-64(62)73-54-55(56(67)50-47-44-41-38-35-32-24-21-18-15-12-9-6-3)65-63(72)57(68)51-48-45-42-39-36-33-26-23-20-17-14-11-8-5-2/h16,19-20,23,25,27,29-30,34,37,47,50,55-58,60-62,64,66-68,70-71H,4-15,17-18,21-22,24,26,28,31-33,35-36,38-46,48-49,51-54H2,1-3H3,(H,65,72)/b19-16-,23-20-,27-25-,30-29-,37-34-,50-47+. The lowest BCUT2D eigenvalue weighted by molar-refractivity contribution is -0.305. The van der Waals surface area contributed by atoms with Crippen LogP contribution in [0.15, 0.2) is 72.9 Å². The van der Waals surface area contributed by atoms with Crippen molar-refractivity contribution in [1.29, 1.82) is 0 Å². The summed E-state index contributed by atoms with van der Waals surface area (Å²) in [4.78, 5) is 26.5. The van der Waals surface area contributed by atoms with Gasteiger partial charge in [0.15, 0.2) is 12.4 Å². The van der Waals surface area contributed by atoms with Crippen LogP contribution in [-0.2, 0) is 23.8 Å². The Kier molecular flexibility index (Phi) is 48.5. The number of unbranched alkanes of at least 4 members (excludes halogenated alkanes) is 27. The number of nitrogens with one attached hydrogen (secondary N) is 1. The Morgan fingerprint density at radius 3 is 1.43 bits per heavy atom. The Labute approximate surface area is 458 Å². The van der Waals surface area contributed by atoms with E-state index in [0.717, 1.165) is 89.9 Å². The number of hydrogen-bond donors (Lipinski definition) is 6. The number of carbonyl (C=O) groups excluding carboxylic acids is 2. The van der Waals surface area contributed by atoms with E-state index in [1.165, 1.54) is 122 Å². The van der Waals surface area contributed by atoms with Gasteiger partial charge in [0, 0.05) is 6.42 Å². The summed E-state index contributed by atoms with van der Waals surface area (Å²) >= 11 is 0. The number of carbonyl (C=O) groups is 2. The number of allylic oxidation sites excluding steroid dienone is 11. The number of ether oxygens (including phenoxy) is 3. The van der Waals surface area contributed by atoms with E-state index >= 15 is 0 Å². The third-order valence-corrected chi connectivity index (χ3v) is 14.1. The highest BCUT2D eigenvalue weighted by Crippen LogP contribution is 2.26. The highest BCUT2D eigenvalue weighted by molar-refractivity contribution is 5.80. The number of aliphatic hydroxyl groups excluding tert-OH is 5. The van der Waals surface area contributed by atoms with E-state index in [4.69, 9.17) is 14.2 Å². The van der Waals surface area contributed by atoms with Gasteiger partial charge in [-0.2, -0.15) is 0 Å². The molecule has 434 valence electrons. The van der Waals surface area contributed by atoms with Crippen molar-refractivity contribution in [3.8, 4) is 0 Å². The second kappa shape index (κ2) is 51.8. The third-order valence-electron chi connectivity index (χ3n) is 14.1. The fourth-order valence-corrected chi connectivity index (χ4v) is 9.16. The number of hydrogen-bond acceptors (Lipinski definition) is 10. The molecule has 1 fully saturated rings. The van der Waals surface area contributed by atoms with Gasteiger partial charge in [0.1, 0.15) is 24.4 Å². The third kappa shape index (κ3) is 40.0. The molecule has 75 heavy (non-hydrogen) atoms. The number of amides is 1. The van der Waals surface area contributed by atoms with Crippen LogP contribution in [-0.4, -0.2) is 99.6 Å². The number of esters is 1. The summed E-state index contributed by atoms with van der Waals surface area (Å²) < 4.78 is 17.6. The van der Waals surface area contributed by atoms with Crippen molar-refractivity contribution in [3.63, 3.8) is 0 Å². The van der Waals surface area contributed by atoms with Gasteiger partial charge in [-0.25, -0.2) is 0 Å². The van der Waals surface area contributed by atoms with E-state index in [1.54, 1.807) is 6.08 Å². The highest BCUT2D eigenvalue weighted by atomic mass is 16.7. The van der Waals surface area contributed by atoms with Crippen molar-refractivity contribution >= 4 is 11.9 Å². The molecule has 6 N–H and O–H groups in total. The van der Waals surface area contributed by atoms with Crippen LogP contribution >= 0.6 is 0 Å². The molecule has 8 unspecified atom stereocenters. The first-order valence-corrected chi connectivity index (χ1v) is 30.7. The molecule has 0 aromatic heterocycles. The largest absolute Gasteiger partial charge is 0.454 e. The van der Waals surface area contributed by atoms with Gasteiger partial charge in [0.2, 0.25) is 5.91 Å². The predicted octanol–water partition coefficient (Wildman–Crippen LogP) is 14.4. The average Bonchev–Trinajstić information content (AvgIpc) is 3.41. The van der Waals surface area contributed by atoms with Crippen LogP contribution < -0.4 is 5.32 Å². The van der Waals surface area contributed by atoms with Crippen molar-refractivity contribution < 1.29 is 49.3 Å². The fourth-order valence-electron chi connectivity index (χ4n) is 9.16. The van der Waals surface area contributed by atoms with Gasteiger partial charge >= 0.3 is 5.97 Å². The van der Waals surface area contributed by atoms with Crippen LogP contribution in [0, 0.1) is 0 Å². The minimum Gasteiger partial charge on any atom is -0.454 e. The van der Waals surface area contributed by atoms with Gasteiger partial charge < -0.3 is 45.1 Å². The van der Waals surface area contributed by atoms with Gasteiger partial charge in [-0.1, -0.05) is 229 Å². The zero-order valence-corrected chi connectivity index (χ0v) is 47.9. The number of rotatable bonds is 51. The zero-order valence-electron chi connectivity index (χ0n) is 47.9. The average molecular weight is 1060 g/mol. The fraction of sp³-hybridized carbons (Fsp3) is 0.781. The summed E-state index contributed by atoms with van der Waals surface area (Å²) in [6.07, 6.45) is 55.0. The molecule has 1 heterocycles. The van der Waals surface area contributed by atoms with Crippen molar-refractivity contribution in [2.45, 2.75) is 307 Å². The summed E-state index contributed by atoms with van der Waals surface area (Å²) in [5.41, 5.74) is 0. The van der Waals surface area contributed by atoms with Gasteiger partial charge in [0.05, 0.1) is 25.4 Å². The Morgan fingerprint density at radius 1 is 0.520 bits per heavy atom. The van der Waals surface area contributed by atoms with Crippen LogP contribution in [0.3, 0.4) is 0 Å². The molecule has 1 aliphatic rings. The number of aliphatic hydroxyl groups is 5. The van der Waals surface area contributed by atoms with Gasteiger partial charge in [0.25, 0.3) is 0 Å². The molecule has 1 aliphatic heterocycles. The molecule has 1 saturated heterocycles. The molecule has 0 aromatic carbocycles. The summed E-state index contributed by atoms with van der Waals surface area (Å²) in [6, 6.07) is -1.03. The normalized spacial score (nSPS) is 19.7. The molecule has 0 aliphatic carbocycles. The van der Waals surface area contributed by atoms with Crippen molar-refractivity contribution in [3.05, 3.63) is 72.9 Å². The van der Waals surface area contributed by atoms with E-state index in [1.807, 2.05) is 6.08 Å². The second-order valence-corrected chi connectivity index (χ2v) is 21.1. The first-order chi connectivity index (χ1) is 36.7. The van der Waals surface area contributed by atoms with Crippen LogP contribution in [0.4, 0.5) is 0 Å². The Balaban J connectivity index is 2.73. The predicted molar refractivity (Wildman–Crippen MR) is 310 cm³/mol. The molecular weight excluding hydrogens is 943 g/mol. The van der Waals surface area contributed by atoms with Gasteiger partial charge in [-0.3, -0.25) is 9.59 Å². The zero-order chi connectivity index (χ0) is 54.7. The Hall–Kier alpha value is -2.90. The quantitative estimate of drug-likeness (QED) is 0.0195. The summed E-state index contributed by atoms with van der Waals surface area (Å²) in [5, 5.41) is 56.9. The second-order valence-electron chi connectivity index (χ2n) is 21.1. The first-order valence-electron chi connectivity index (χ1n) is 30.7. The minimum atomic E-state index is -1.63. The van der Waals surface area contributed by atoms with Crippen LogP contribution in [0.25, 0.3) is 0 Å². The summed E-state index contributed by atoms with van der Waals surface area (Å²) in [5.74, 6) is -1.23. The molecule has 1 rings (SSSR count). The molecule has 0 radical (unpaired) electrons. The van der Waals surface area contributed by atoms with Crippen LogP contribution in [0.2, 0.25) is 0 Å². The lowest BCUT2D eigenvalue weighted by atomic mass is 9.99. The molecule has 11 nitrogen and oxygen atoms in total. The lowest BCUT2D eigenvalue weighted by Crippen LogP contribution is -2.61. The van der Waals surface area contributed by atoms with E-state index in [9.17, 15) is 35.1 Å². The van der Waals surface area contributed by atoms with Crippen molar-refractivity contribution in [1.82, 2.24) is 5.32 Å². The SMILES string of the molecule is CCCCC/C=C\C/C=C\C/C=C\C/C=C\CCCCCC(=O)OC1C(OCC(NC(=O)C(O)CCCCCCCC/C=C\CCCCCC)C(O)/C=C/CCCCCCCCCCCCC)OC(CO)C(O)C1O. The van der Waals surface area contributed by atoms with E-state index in [2.05, 4.69) is 86.8 Å². The van der Waals surface area contributed by atoms with Gasteiger partial charge in [-0.05, 0) is 96.3 Å². The van der Waals surface area contributed by atoms with E-state index in [-0.39, 0.29) is 19.4 Å². The summed E-state index contributed by atoms with van der Waals surface area (Å²) in [7, 11) is 0. The maximum absolute atomic E-state index is 13.4. The topological polar surface area (TPSA) is 175 Å². The molecule has 8 atom stereocenters. The molecule has 0 saturated carbocycles. The summed E-state index contributed by atoms with van der Waals surface area (Å²) in [6.45, 7) is 5.73. The maximum atomic E-state index is 13.4. The van der Waals surface area contributed by atoms with Gasteiger partial charge in [-0.15, -0.1) is 0 Å². The molecule has 1 amide bonds. The lowest BCUT2D eigenvalue weighted by Gasteiger charge is -2.41. The Bertz CT molecular complexity index is 1490. The smallest absolute Gasteiger partial charge is 0.306 e. The van der Waals surface area contributed by atoms with Crippen molar-refractivity contribution in [2.75, 3.05) is 13.2 Å². The molecule has 0 bridgehead atoms. The Morgan fingerprint density at radius 2 is 0.920 bits per heavy atom. The van der Waals surface area contributed by atoms with Crippen LogP contribution in [0.1, 0.15) is 258 Å². The molecular formula is C64H113NO10. The molecule has 11 heteroatoms. The molecule has 0 spiro atoms. The van der Waals surface area contributed by atoms with Crippen molar-refractivity contribution in [2.24, 2.45) is 0 Å². The monoisotopic (exact) mass is 1060 g/mol. The van der Waals surface area contributed by atoms with Crippen LogP contribution in [0.5, 0.6) is 0 Å². The van der Waals surface area contributed by atoms with E-state index in [0.29, 0.717) is 12.8 Å². The highest BCUT2D eigenvalue weighted by Gasteiger charge is 2.47. The first kappa shape index (κ1) is 70.1. The van der Waals surface area contributed by atoms with E-state index < -0.39 is 67.4 Å². The maximum Gasteiger partial charge on any atom is 0.306 e. The molecule has 0 aromatic rings.